The minimum absolute atomic E-state index is 1.28. The summed E-state index contributed by atoms with van der Waals surface area (Å²) in [7, 11) is 0. The molecule has 0 atom stereocenters. The number of halogens is 1. The topological polar surface area (TPSA) is 0 Å². The molecule has 3 aromatic carbocycles. The summed E-state index contributed by atoms with van der Waals surface area (Å²) in [5, 5.41) is 5.25. The van der Waals surface area contributed by atoms with Crippen molar-refractivity contribution in [3.63, 3.8) is 0 Å². The second kappa shape index (κ2) is 4.73. The highest BCUT2D eigenvalue weighted by molar-refractivity contribution is 14.1. The highest BCUT2D eigenvalue weighted by Crippen LogP contribution is 2.28. The quantitative estimate of drug-likeness (QED) is 0.396. The zero-order valence-electron chi connectivity index (χ0n) is 10.2. The third-order valence-electron chi connectivity index (χ3n) is 3.16. The Morgan fingerprint density at radius 1 is 0.889 bits per heavy atom. The van der Waals surface area contributed by atoms with Crippen LogP contribution in [0.4, 0.5) is 0 Å². The fourth-order valence-corrected chi connectivity index (χ4v) is 3.03. The third-order valence-corrected chi connectivity index (χ3v) is 3.78. The third kappa shape index (κ3) is 2.03. The van der Waals surface area contributed by atoms with Gasteiger partial charge in [0.05, 0.1) is 0 Å². The first kappa shape index (κ1) is 11.7. The van der Waals surface area contributed by atoms with Crippen LogP contribution in [0.5, 0.6) is 0 Å². The predicted molar refractivity (Wildman–Crippen MR) is 88.9 cm³/mol. The average molecular weight is 344 g/mol. The number of fused-ring (bicyclic) bond motifs is 2. The van der Waals surface area contributed by atoms with Crippen LogP contribution in [0.1, 0.15) is 12.5 Å². The Bertz CT molecular complexity index is 754. The fraction of sp³-hybridized carbons (Fsp3) is 0.0588. The molecule has 0 fully saturated rings. The number of rotatable bonds is 1. The van der Waals surface area contributed by atoms with Gasteiger partial charge in [-0.05, 0) is 80.9 Å². The lowest BCUT2D eigenvalue weighted by atomic mass is 9.99. The van der Waals surface area contributed by atoms with Crippen LogP contribution in [0.15, 0.2) is 54.6 Å². The zero-order chi connectivity index (χ0) is 12.5. The number of hydrogen-bond acceptors (Lipinski definition) is 0. The summed E-state index contributed by atoms with van der Waals surface area (Å²) >= 11 is 2.38. The van der Waals surface area contributed by atoms with Gasteiger partial charge in [0.1, 0.15) is 0 Å². The van der Waals surface area contributed by atoms with Crippen molar-refractivity contribution in [1.82, 2.24) is 0 Å². The van der Waals surface area contributed by atoms with Crippen molar-refractivity contribution in [2.45, 2.75) is 6.92 Å². The molecule has 0 saturated heterocycles. The van der Waals surface area contributed by atoms with Crippen LogP contribution in [0.25, 0.3) is 27.6 Å². The summed E-state index contributed by atoms with van der Waals surface area (Å²) in [6, 6.07) is 17.6. The van der Waals surface area contributed by atoms with Crippen molar-refractivity contribution < 1.29 is 0 Å². The van der Waals surface area contributed by atoms with Crippen molar-refractivity contribution in [2.24, 2.45) is 0 Å². The summed E-state index contributed by atoms with van der Waals surface area (Å²) in [5.41, 5.74) is 1.30. The van der Waals surface area contributed by atoms with Gasteiger partial charge in [0.2, 0.25) is 0 Å². The molecule has 3 aromatic rings. The van der Waals surface area contributed by atoms with E-state index in [1.165, 1.54) is 30.7 Å². The first-order chi connectivity index (χ1) is 8.78. The van der Waals surface area contributed by atoms with Gasteiger partial charge >= 0.3 is 0 Å². The molecule has 0 aromatic heterocycles. The summed E-state index contributed by atoms with van der Waals surface area (Å²) in [6.45, 7) is 2.06. The maximum Gasteiger partial charge on any atom is 0.0142 e. The van der Waals surface area contributed by atoms with E-state index in [9.17, 15) is 0 Å². The van der Waals surface area contributed by atoms with E-state index in [0.717, 1.165) is 0 Å². The van der Waals surface area contributed by atoms with Crippen molar-refractivity contribution in [3.05, 3.63) is 63.7 Å². The summed E-state index contributed by atoms with van der Waals surface area (Å²) < 4.78 is 1.28. The van der Waals surface area contributed by atoms with Gasteiger partial charge in [-0.1, -0.05) is 36.4 Å². The second-order valence-electron chi connectivity index (χ2n) is 4.42. The minimum atomic E-state index is 1.28. The SMILES string of the molecule is C/C=C/c1cc(I)cc2cc3ccccc3cc12. The number of hydrogen-bond donors (Lipinski definition) is 0. The molecule has 0 amide bonds. The summed E-state index contributed by atoms with van der Waals surface area (Å²) in [6.07, 6.45) is 4.28. The van der Waals surface area contributed by atoms with Crippen molar-refractivity contribution in [3.8, 4) is 0 Å². The lowest BCUT2D eigenvalue weighted by molar-refractivity contribution is 1.66. The Hall–Kier alpha value is -1.35. The summed E-state index contributed by atoms with van der Waals surface area (Å²) in [5.74, 6) is 0. The van der Waals surface area contributed by atoms with E-state index in [-0.39, 0.29) is 0 Å². The highest BCUT2D eigenvalue weighted by Gasteiger charge is 2.03. The molecule has 1 heteroatoms. The second-order valence-corrected chi connectivity index (χ2v) is 5.66. The fourth-order valence-electron chi connectivity index (χ4n) is 2.36. The van der Waals surface area contributed by atoms with E-state index >= 15 is 0 Å². The van der Waals surface area contributed by atoms with Crippen molar-refractivity contribution in [1.29, 1.82) is 0 Å². The molecule has 0 aliphatic carbocycles. The van der Waals surface area contributed by atoms with Gasteiger partial charge in [-0.15, -0.1) is 0 Å². The molecule has 18 heavy (non-hydrogen) atoms. The predicted octanol–water partition coefficient (Wildman–Crippen LogP) is 5.63. The van der Waals surface area contributed by atoms with Crippen LogP contribution in [0, 0.1) is 3.57 Å². The average Bonchev–Trinajstić information content (AvgIpc) is 2.37. The van der Waals surface area contributed by atoms with Gasteiger partial charge in [0.15, 0.2) is 0 Å². The van der Waals surface area contributed by atoms with Gasteiger partial charge in [0, 0.05) is 3.57 Å². The smallest absolute Gasteiger partial charge is 0.0142 e. The van der Waals surface area contributed by atoms with Crippen LogP contribution >= 0.6 is 22.6 Å². The molecule has 0 radical (unpaired) electrons. The molecule has 0 aliphatic rings. The number of allylic oxidation sites excluding steroid dienone is 1. The first-order valence-electron chi connectivity index (χ1n) is 6.03. The molecule has 0 bridgehead atoms. The van der Waals surface area contributed by atoms with Gasteiger partial charge in [-0.3, -0.25) is 0 Å². The molecule has 3 rings (SSSR count). The minimum Gasteiger partial charge on any atom is -0.0870 e. The first-order valence-corrected chi connectivity index (χ1v) is 7.10. The molecule has 0 saturated carbocycles. The Morgan fingerprint density at radius 2 is 1.61 bits per heavy atom. The van der Waals surface area contributed by atoms with Crippen LogP contribution in [-0.4, -0.2) is 0 Å². The maximum absolute atomic E-state index is 2.38. The van der Waals surface area contributed by atoms with E-state index in [4.69, 9.17) is 0 Å². The van der Waals surface area contributed by atoms with E-state index in [1.54, 1.807) is 0 Å². The molecule has 0 heterocycles. The molecular weight excluding hydrogens is 331 g/mol. The largest absolute Gasteiger partial charge is 0.0870 e. The van der Waals surface area contributed by atoms with Gasteiger partial charge in [0.25, 0.3) is 0 Å². The number of benzene rings is 3. The normalized spacial score (nSPS) is 11.7. The van der Waals surface area contributed by atoms with E-state index in [1.807, 2.05) is 0 Å². The molecular formula is C17H13I. The van der Waals surface area contributed by atoms with E-state index < -0.39 is 0 Å². The van der Waals surface area contributed by atoms with Crippen LogP contribution in [0.3, 0.4) is 0 Å². The maximum atomic E-state index is 2.38. The molecule has 0 nitrogen and oxygen atoms in total. The van der Waals surface area contributed by atoms with Crippen LogP contribution in [0.2, 0.25) is 0 Å². The Labute approximate surface area is 120 Å². The lowest BCUT2D eigenvalue weighted by Crippen LogP contribution is -1.83. The van der Waals surface area contributed by atoms with Gasteiger partial charge in [-0.2, -0.15) is 0 Å². The van der Waals surface area contributed by atoms with Crippen LogP contribution < -0.4 is 0 Å². The molecule has 88 valence electrons. The van der Waals surface area contributed by atoms with Gasteiger partial charge < -0.3 is 0 Å². The Morgan fingerprint density at radius 3 is 2.33 bits per heavy atom. The molecule has 0 aliphatic heterocycles. The molecule has 0 unspecified atom stereocenters. The summed E-state index contributed by atoms with van der Waals surface area (Å²) in [4.78, 5) is 0. The lowest BCUT2D eigenvalue weighted by Gasteiger charge is -2.07. The zero-order valence-corrected chi connectivity index (χ0v) is 12.3. The molecule has 0 spiro atoms. The Balaban J connectivity index is 2.45. The standard InChI is InChI=1S/C17H13I/c1-2-5-14-9-16(18)10-15-8-12-6-3-4-7-13(12)11-17(14)15/h2-11H,1H3/b5-2+. The van der Waals surface area contributed by atoms with Crippen molar-refractivity contribution in [2.75, 3.05) is 0 Å². The monoisotopic (exact) mass is 344 g/mol. The van der Waals surface area contributed by atoms with E-state index in [2.05, 4.69) is 90.2 Å². The van der Waals surface area contributed by atoms with Crippen molar-refractivity contribution >= 4 is 50.2 Å². The molecule has 0 N–H and O–H groups in total. The van der Waals surface area contributed by atoms with E-state index in [0.29, 0.717) is 0 Å². The highest BCUT2D eigenvalue weighted by atomic mass is 127. The van der Waals surface area contributed by atoms with Crippen LogP contribution in [-0.2, 0) is 0 Å². The van der Waals surface area contributed by atoms with Gasteiger partial charge in [-0.25, -0.2) is 0 Å². The Kier molecular flexibility index (Phi) is 3.08.